The molecule has 118 valence electrons. The van der Waals surface area contributed by atoms with Crippen LogP contribution in [0.2, 0.25) is 0 Å². The Balaban J connectivity index is 2.10. The van der Waals surface area contributed by atoms with E-state index in [1.165, 1.54) is 6.42 Å². The molecule has 0 spiro atoms. The maximum atomic E-state index is 12.4. The average Bonchev–Trinajstić information content (AvgIpc) is 2.56. The summed E-state index contributed by atoms with van der Waals surface area (Å²) >= 11 is 0. The molecule has 1 amide bonds. The van der Waals surface area contributed by atoms with Gasteiger partial charge in [-0.25, -0.2) is 0 Å². The molecule has 1 N–H and O–H groups in total. The van der Waals surface area contributed by atoms with E-state index in [-0.39, 0.29) is 24.1 Å². The summed E-state index contributed by atoms with van der Waals surface area (Å²) in [6.07, 6.45) is 7.34. The van der Waals surface area contributed by atoms with Crippen molar-refractivity contribution in [3.05, 3.63) is 41.7 Å². The number of esters is 1. The second-order valence-electron chi connectivity index (χ2n) is 5.56. The van der Waals surface area contributed by atoms with E-state index < -0.39 is 5.97 Å². The Morgan fingerprint density at radius 2 is 1.86 bits per heavy atom. The van der Waals surface area contributed by atoms with Crippen molar-refractivity contribution in [1.29, 1.82) is 0 Å². The zero-order chi connectivity index (χ0) is 15.8. The number of amides is 1. The van der Waals surface area contributed by atoms with Crippen LogP contribution in [0, 0.1) is 0 Å². The number of benzene rings is 1. The maximum absolute atomic E-state index is 12.4. The van der Waals surface area contributed by atoms with Gasteiger partial charge in [0.05, 0.1) is 0 Å². The number of carbonyl (C=O) groups is 2. The van der Waals surface area contributed by atoms with Crippen molar-refractivity contribution in [2.45, 2.75) is 51.5 Å². The second kappa shape index (κ2) is 8.37. The molecule has 0 heterocycles. The first-order valence-electron chi connectivity index (χ1n) is 7.97. The lowest BCUT2D eigenvalue weighted by Crippen LogP contribution is -2.37. The Morgan fingerprint density at radius 3 is 2.50 bits per heavy atom. The van der Waals surface area contributed by atoms with Crippen LogP contribution in [0.4, 0.5) is 0 Å². The highest BCUT2D eigenvalue weighted by Gasteiger charge is 2.20. The first-order valence-corrected chi connectivity index (χ1v) is 7.97. The number of carbonyl (C=O) groups excluding carboxylic acids is 2. The Labute approximate surface area is 131 Å². The summed E-state index contributed by atoms with van der Waals surface area (Å²) in [7, 11) is 0. The third-order valence-corrected chi connectivity index (χ3v) is 3.77. The predicted molar refractivity (Wildman–Crippen MR) is 85.8 cm³/mol. The quantitative estimate of drug-likeness (QED) is 0.515. The Hall–Kier alpha value is -2.10. The van der Waals surface area contributed by atoms with E-state index in [2.05, 4.69) is 5.32 Å². The van der Waals surface area contributed by atoms with Gasteiger partial charge >= 0.3 is 5.97 Å². The summed E-state index contributed by atoms with van der Waals surface area (Å²) < 4.78 is 5.22. The van der Waals surface area contributed by atoms with Crippen molar-refractivity contribution in [2.24, 2.45) is 0 Å². The lowest BCUT2D eigenvalue weighted by atomic mass is 9.95. The molecule has 2 rings (SSSR count). The summed E-state index contributed by atoms with van der Waals surface area (Å²) in [6, 6.07) is 9.58. The molecule has 1 saturated carbocycles. The largest absolute Gasteiger partial charge is 0.421 e. The topological polar surface area (TPSA) is 55.4 Å². The molecular weight excluding hydrogens is 278 g/mol. The van der Waals surface area contributed by atoms with Crippen LogP contribution < -0.4 is 5.32 Å². The van der Waals surface area contributed by atoms with Gasteiger partial charge in [0.1, 0.15) is 0 Å². The van der Waals surface area contributed by atoms with Gasteiger partial charge in [-0.15, -0.1) is 0 Å². The van der Waals surface area contributed by atoms with Crippen molar-refractivity contribution in [1.82, 2.24) is 5.32 Å². The molecule has 4 heteroatoms. The second-order valence-corrected chi connectivity index (χ2v) is 5.56. The molecule has 0 radical (unpaired) electrons. The molecule has 0 aromatic heterocycles. The molecule has 22 heavy (non-hydrogen) atoms. The SMILES string of the molecule is CCC(=O)O/C(=C\c1ccccc1)C(=O)NC1CCCCC1. The first-order chi connectivity index (χ1) is 10.7. The summed E-state index contributed by atoms with van der Waals surface area (Å²) in [5, 5.41) is 2.98. The summed E-state index contributed by atoms with van der Waals surface area (Å²) in [6.45, 7) is 1.71. The maximum Gasteiger partial charge on any atom is 0.311 e. The number of nitrogens with one attached hydrogen (secondary N) is 1. The van der Waals surface area contributed by atoms with E-state index in [1.54, 1.807) is 13.0 Å². The predicted octanol–water partition coefficient (Wildman–Crippen LogP) is 3.43. The van der Waals surface area contributed by atoms with Gasteiger partial charge in [-0.3, -0.25) is 9.59 Å². The van der Waals surface area contributed by atoms with E-state index in [1.807, 2.05) is 30.3 Å². The standard InChI is InChI=1S/C18H23NO3/c1-2-17(20)22-16(13-14-9-5-3-6-10-14)18(21)19-15-11-7-4-8-12-15/h3,5-6,9-10,13,15H,2,4,7-8,11-12H2,1H3,(H,19,21)/b16-13-. The summed E-state index contributed by atoms with van der Waals surface area (Å²) in [5.74, 6) is -0.637. The molecule has 1 fully saturated rings. The molecular formula is C18H23NO3. The van der Waals surface area contributed by atoms with Gasteiger partial charge in [0.25, 0.3) is 5.91 Å². The Morgan fingerprint density at radius 1 is 1.18 bits per heavy atom. The van der Waals surface area contributed by atoms with Crippen molar-refractivity contribution < 1.29 is 14.3 Å². The van der Waals surface area contributed by atoms with Gasteiger partial charge < -0.3 is 10.1 Å². The molecule has 0 saturated heterocycles. The van der Waals surface area contributed by atoms with Crippen molar-refractivity contribution in [3.63, 3.8) is 0 Å². The van der Waals surface area contributed by atoms with Crippen molar-refractivity contribution in [3.8, 4) is 0 Å². The molecule has 4 nitrogen and oxygen atoms in total. The first kappa shape index (κ1) is 16.3. The lowest BCUT2D eigenvalue weighted by molar-refractivity contribution is -0.142. The molecule has 0 aliphatic heterocycles. The van der Waals surface area contributed by atoms with E-state index in [4.69, 9.17) is 4.74 Å². The van der Waals surface area contributed by atoms with Crippen LogP contribution in [0.15, 0.2) is 36.1 Å². The highest BCUT2D eigenvalue weighted by molar-refractivity contribution is 5.98. The molecule has 0 atom stereocenters. The van der Waals surface area contributed by atoms with E-state index in [0.29, 0.717) is 0 Å². The highest BCUT2D eigenvalue weighted by atomic mass is 16.5. The van der Waals surface area contributed by atoms with Crippen LogP contribution in [0.1, 0.15) is 51.0 Å². The number of hydrogen-bond donors (Lipinski definition) is 1. The van der Waals surface area contributed by atoms with E-state index in [9.17, 15) is 9.59 Å². The normalized spacial score (nSPS) is 16.1. The number of hydrogen-bond acceptors (Lipinski definition) is 3. The minimum Gasteiger partial charge on any atom is -0.421 e. The van der Waals surface area contributed by atoms with Crippen LogP contribution in [0.25, 0.3) is 6.08 Å². The molecule has 0 bridgehead atoms. The van der Waals surface area contributed by atoms with Gasteiger partial charge in [0.15, 0.2) is 5.76 Å². The fraction of sp³-hybridized carbons (Fsp3) is 0.444. The Bertz CT molecular complexity index is 531. The van der Waals surface area contributed by atoms with Gasteiger partial charge in [-0.05, 0) is 24.5 Å². The molecule has 1 aliphatic rings. The average molecular weight is 301 g/mol. The minimum atomic E-state index is -0.402. The Kier molecular flexibility index (Phi) is 6.19. The van der Waals surface area contributed by atoms with Gasteiger partial charge in [-0.1, -0.05) is 56.5 Å². The fourth-order valence-electron chi connectivity index (χ4n) is 2.54. The molecule has 1 aliphatic carbocycles. The molecule has 1 aromatic carbocycles. The van der Waals surface area contributed by atoms with Crippen molar-refractivity contribution >= 4 is 18.0 Å². The zero-order valence-corrected chi connectivity index (χ0v) is 13.0. The molecule has 1 aromatic rings. The van der Waals surface area contributed by atoms with E-state index >= 15 is 0 Å². The summed E-state index contributed by atoms with van der Waals surface area (Å²) in [5.41, 5.74) is 0.834. The van der Waals surface area contributed by atoms with Crippen LogP contribution in [0.5, 0.6) is 0 Å². The minimum absolute atomic E-state index is 0.0728. The summed E-state index contributed by atoms with van der Waals surface area (Å²) in [4.78, 5) is 24.0. The van der Waals surface area contributed by atoms with Crippen LogP contribution in [-0.2, 0) is 14.3 Å². The zero-order valence-electron chi connectivity index (χ0n) is 13.0. The van der Waals surface area contributed by atoms with Crippen LogP contribution >= 0.6 is 0 Å². The van der Waals surface area contributed by atoms with Crippen LogP contribution in [0.3, 0.4) is 0 Å². The fourth-order valence-corrected chi connectivity index (χ4v) is 2.54. The van der Waals surface area contributed by atoms with Gasteiger partial charge in [0.2, 0.25) is 0 Å². The molecule has 0 unspecified atom stereocenters. The third-order valence-electron chi connectivity index (χ3n) is 3.77. The lowest BCUT2D eigenvalue weighted by Gasteiger charge is -2.23. The third kappa shape index (κ3) is 5.02. The van der Waals surface area contributed by atoms with Gasteiger partial charge in [0, 0.05) is 12.5 Å². The van der Waals surface area contributed by atoms with Crippen LogP contribution in [-0.4, -0.2) is 17.9 Å². The number of ether oxygens (including phenoxy) is 1. The monoisotopic (exact) mass is 301 g/mol. The number of rotatable bonds is 5. The van der Waals surface area contributed by atoms with Crippen molar-refractivity contribution in [2.75, 3.05) is 0 Å². The smallest absolute Gasteiger partial charge is 0.311 e. The van der Waals surface area contributed by atoms with E-state index in [0.717, 1.165) is 31.2 Å². The van der Waals surface area contributed by atoms with Gasteiger partial charge in [-0.2, -0.15) is 0 Å². The highest BCUT2D eigenvalue weighted by Crippen LogP contribution is 2.18.